The number of aromatic nitrogens is 5. The highest BCUT2D eigenvalue weighted by Crippen LogP contribution is 2.30. The second-order valence-electron chi connectivity index (χ2n) is 8.27. The summed E-state index contributed by atoms with van der Waals surface area (Å²) < 4.78 is 29.1. The standard InChI is InChI=1S/C21H24BrN7O5S/c1-12(16-3-2-4-19(22)27-16)29-6-5-17(28-29)20(31)15-9-24-11-25-21(15)26-14-7-13(18(30)8-14)10-34-35(23,32)33/h2-6,9,11-14,18,30H,7-8,10H2,1H3,(H2,23,32,33)(H,24,25,26)/t12?,13-,14-,18+/m1/s1. The molecular weight excluding hydrogens is 542 g/mol. The van der Waals surface area contributed by atoms with E-state index >= 15 is 0 Å². The van der Waals surface area contributed by atoms with E-state index in [4.69, 9.17) is 5.14 Å². The van der Waals surface area contributed by atoms with E-state index in [1.54, 1.807) is 16.9 Å². The van der Waals surface area contributed by atoms with Crippen molar-refractivity contribution in [2.75, 3.05) is 11.9 Å². The Bertz CT molecular complexity index is 1320. The lowest BCUT2D eigenvalue weighted by Gasteiger charge is -2.15. The van der Waals surface area contributed by atoms with E-state index in [-0.39, 0.29) is 35.7 Å². The van der Waals surface area contributed by atoms with E-state index < -0.39 is 22.3 Å². The summed E-state index contributed by atoms with van der Waals surface area (Å²) in [6.07, 6.45) is 4.36. The van der Waals surface area contributed by atoms with Gasteiger partial charge in [0, 0.05) is 24.4 Å². The van der Waals surface area contributed by atoms with Gasteiger partial charge in [0.2, 0.25) is 5.78 Å². The van der Waals surface area contributed by atoms with Crippen LogP contribution in [0.3, 0.4) is 0 Å². The van der Waals surface area contributed by atoms with Gasteiger partial charge < -0.3 is 10.4 Å². The number of halogens is 1. The van der Waals surface area contributed by atoms with Crippen LogP contribution in [-0.4, -0.2) is 62.8 Å². The summed E-state index contributed by atoms with van der Waals surface area (Å²) in [5.41, 5.74) is 1.23. The lowest BCUT2D eigenvalue weighted by atomic mass is 10.1. The lowest BCUT2D eigenvalue weighted by molar-refractivity contribution is 0.101. The molecule has 0 radical (unpaired) electrons. The molecule has 12 nitrogen and oxygen atoms in total. The van der Waals surface area contributed by atoms with Gasteiger partial charge in [-0.2, -0.15) is 13.5 Å². The lowest BCUT2D eigenvalue weighted by Crippen LogP contribution is -2.24. The fraction of sp³-hybridized carbons (Fsp3) is 0.381. The predicted molar refractivity (Wildman–Crippen MR) is 129 cm³/mol. The highest BCUT2D eigenvalue weighted by atomic mass is 79.9. The van der Waals surface area contributed by atoms with Crippen molar-refractivity contribution in [3.05, 3.63) is 64.5 Å². The third-order valence-electron chi connectivity index (χ3n) is 5.80. The molecule has 4 atom stereocenters. The van der Waals surface area contributed by atoms with Crippen LogP contribution in [0.25, 0.3) is 0 Å². The number of nitrogens with zero attached hydrogens (tertiary/aromatic N) is 5. The fourth-order valence-corrected chi connectivity index (χ4v) is 4.71. The zero-order valence-corrected chi connectivity index (χ0v) is 21.1. The quantitative estimate of drug-likeness (QED) is 0.254. The minimum atomic E-state index is -4.10. The van der Waals surface area contributed by atoms with E-state index in [2.05, 4.69) is 45.5 Å². The molecule has 14 heteroatoms. The van der Waals surface area contributed by atoms with E-state index in [0.717, 1.165) is 5.69 Å². The van der Waals surface area contributed by atoms with Crippen LogP contribution in [-0.2, 0) is 14.5 Å². The third-order valence-corrected chi connectivity index (χ3v) is 6.71. The van der Waals surface area contributed by atoms with Crippen molar-refractivity contribution in [3.8, 4) is 0 Å². The first kappa shape index (κ1) is 25.3. The number of carbonyl (C=O) groups is 1. The highest BCUT2D eigenvalue weighted by molar-refractivity contribution is 9.10. The molecule has 0 spiro atoms. The van der Waals surface area contributed by atoms with Gasteiger partial charge in [-0.1, -0.05) is 6.07 Å². The number of nitrogens with one attached hydrogen (secondary N) is 1. The summed E-state index contributed by atoms with van der Waals surface area (Å²) in [6.45, 7) is 1.70. The minimum absolute atomic E-state index is 0.199. The Kier molecular flexibility index (Phi) is 7.56. The number of aliphatic hydroxyl groups is 1. The molecule has 0 amide bonds. The molecule has 3 aromatic rings. The Hall–Kier alpha value is -2.78. The van der Waals surface area contributed by atoms with Gasteiger partial charge in [-0.15, -0.1) is 0 Å². The fourth-order valence-electron chi connectivity index (χ4n) is 3.99. The van der Waals surface area contributed by atoms with E-state index in [0.29, 0.717) is 23.3 Å². The minimum Gasteiger partial charge on any atom is -0.393 e. The first-order valence-corrected chi connectivity index (χ1v) is 13.0. The summed E-state index contributed by atoms with van der Waals surface area (Å²) in [4.78, 5) is 25.9. The second kappa shape index (κ2) is 10.5. The zero-order valence-electron chi connectivity index (χ0n) is 18.7. The van der Waals surface area contributed by atoms with Crippen molar-refractivity contribution in [3.63, 3.8) is 0 Å². The molecule has 0 aliphatic heterocycles. The van der Waals surface area contributed by atoms with Crippen LogP contribution in [0.5, 0.6) is 0 Å². The van der Waals surface area contributed by atoms with Crippen molar-refractivity contribution in [2.45, 2.75) is 38.0 Å². The normalized spacial score (nSPS) is 21.1. The largest absolute Gasteiger partial charge is 0.393 e. The number of ketones is 1. The van der Waals surface area contributed by atoms with Gasteiger partial charge in [0.15, 0.2) is 0 Å². The Morgan fingerprint density at radius 2 is 2.17 bits per heavy atom. The Morgan fingerprint density at radius 1 is 1.37 bits per heavy atom. The smallest absolute Gasteiger partial charge is 0.333 e. The molecular formula is C21H24BrN7O5S. The van der Waals surface area contributed by atoms with Crippen LogP contribution in [0.4, 0.5) is 5.82 Å². The molecule has 1 unspecified atom stereocenters. The van der Waals surface area contributed by atoms with Crippen molar-refractivity contribution in [1.82, 2.24) is 24.7 Å². The molecule has 0 aromatic carbocycles. The van der Waals surface area contributed by atoms with E-state index in [9.17, 15) is 18.3 Å². The van der Waals surface area contributed by atoms with Crippen LogP contribution in [0, 0.1) is 5.92 Å². The SMILES string of the molecule is CC(c1cccc(Br)n1)n1ccc(C(=O)c2cncnc2N[C@@H]2C[C@H](COS(N)(=O)=O)[C@@H](O)C2)n1. The Labute approximate surface area is 210 Å². The first-order valence-electron chi connectivity index (χ1n) is 10.7. The molecule has 4 N–H and O–H groups in total. The number of hydrogen-bond donors (Lipinski definition) is 3. The van der Waals surface area contributed by atoms with Crippen LogP contribution >= 0.6 is 15.9 Å². The van der Waals surface area contributed by atoms with Gasteiger partial charge >= 0.3 is 10.3 Å². The Balaban J connectivity index is 1.47. The van der Waals surface area contributed by atoms with Gasteiger partial charge in [0.05, 0.1) is 30.0 Å². The maximum absolute atomic E-state index is 13.2. The van der Waals surface area contributed by atoms with Gasteiger partial charge in [0.25, 0.3) is 0 Å². The first-order chi connectivity index (χ1) is 16.6. The van der Waals surface area contributed by atoms with Crippen LogP contribution < -0.4 is 10.5 Å². The molecule has 186 valence electrons. The highest BCUT2D eigenvalue weighted by Gasteiger charge is 2.35. The maximum atomic E-state index is 13.2. The maximum Gasteiger partial charge on any atom is 0.333 e. The van der Waals surface area contributed by atoms with Crippen molar-refractivity contribution < 1.29 is 22.5 Å². The van der Waals surface area contributed by atoms with Gasteiger partial charge in [0.1, 0.15) is 22.4 Å². The average Bonchev–Trinajstić information content (AvgIpc) is 3.43. The number of hydrogen-bond acceptors (Lipinski definition) is 10. The molecule has 4 rings (SSSR count). The van der Waals surface area contributed by atoms with Crippen molar-refractivity contribution >= 4 is 37.8 Å². The Morgan fingerprint density at radius 3 is 2.91 bits per heavy atom. The van der Waals surface area contributed by atoms with Gasteiger partial charge in [-0.3, -0.25) is 13.7 Å². The molecule has 3 heterocycles. The molecule has 1 aliphatic carbocycles. The second-order valence-corrected chi connectivity index (χ2v) is 10.3. The van der Waals surface area contributed by atoms with Crippen molar-refractivity contribution in [1.29, 1.82) is 0 Å². The molecule has 35 heavy (non-hydrogen) atoms. The predicted octanol–water partition coefficient (Wildman–Crippen LogP) is 1.44. The summed E-state index contributed by atoms with van der Waals surface area (Å²) in [5, 5.41) is 22.8. The number of anilines is 1. The van der Waals surface area contributed by atoms with Gasteiger partial charge in [-0.05, 0) is 53.9 Å². The molecule has 0 bridgehead atoms. The van der Waals surface area contributed by atoms with Gasteiger partial charge in [-0.25, -0.2) is 20.1 Å². The summed E-state index contributed by atoms with van der Waals surface area (Å²) in [6, 6.07) is 6.74. The molecule has 1 fully saturated rings. The topological polar surface area (TPSA) is 175 Å². The number of rotatable bonds is 9. The molecule has 3 aromatic heterocycles. The zero-order chi connectivity index (χ0) is 25.2. The summed E-state index contributed by atoms with van der Waals surface area (Å²) in [5.74, 6) is -0.504. The van der Waals surface area contributed by atoms with Crippen LogP contribution in [0.2, 0.25) is 0 Å². The third kappa shape index (κ3) is 6.27. The van der Waals surface area contributed by atoms with E-state index in [1.165, 1.54) is 12.5 Å². The summed E-state index contributed by atoms with van der Waals surface area (Å²) in [7, 11) is -4.10. The number of nitrogens with two attached hydrogens (primary N) is 1. The average molecular weight is 566 g/mol. The van der Waals surface area contributed by atoms with Crippen LogP contribution in [0.15, 0.2) is 47.6 Å². The molecule has 1 aliphatic rings. The number of aliphatic hydroxyl groups excluding tert-OH is 1. The molecule has 1 saturated carbocycles. The molecule has 0 saturated heterocycles. The number of pyridine rings is 1. The van der Waals surface area contributed by atoms with E-state index in [1.807, 2.05) is 25.1 Å². The number of carbonyl (C=O) groups excluding carboxylic acids is 1. The summed E-state index contributed by atoms with van der Waals surface area (Å²) >= 11 is 3.36. The monoisotopic (exact) mass is 565 g/mol. The van der Waals surface area contributed by atoms with Crippen LogP contribution in [0.1, 0.15) is 47.6 Å². The van der Waals surface area contributed by atoms with Crippen molar-refractivity contribution in [2.24, 2.45) is 11.1 Å².